The molecule has 2 aliphatic rings. The van der Waals surface area contributed by atoms with Gasteiger partial charge in [0.1, 0.15) is 6.04 Å². The molecule has 1 unspecified atom stereocenters. The Morgan fingerprint density at radius 2 is 2.00 bits per heavy atom. The zero-order valence-corrected chi connectivity index (χ0v) is 15.4. The second kappa shape index (κ2) is 7.15. The van der Waals surface area contributed by atoms with Crippen molar-refractivity contribution in [2.24, 2.45) is 7.05 Å². The minimum Gasteiger partial charge on any atom is -0.381 e. The third kappa shape index (κ3) is 3.23. The Balaban J connectivity index is 1.53. The molecule has 1 aromatic heterocycles. The molecule has 27 heavy (non-hydrogen) atoms. The van der Waals surface area contributed by atoms with Crippen LogP contribution in [0.2, 0.25) is 0 Å². The number of ether oxygens (including phenoxy) is 1. The molecule has 7 heteroatoms. The number of aromatic nitrogens is 2. The molecule has 4 rings (SSSR count). The van der Waals surface area contributed by atoms with Crippen LogP contribution in [0.5, 0.6) is 0 Å². The van der Waals surface area contributed by atoms with Crippen LogP contribution in [0.4, 0.5) is 5.69 Å². The number of carbonyl (C=O) groups excluding carboxylic acids is 2. The Morgan fingerprint density at radius 3 is 2.67 bits per heavy atom. The Morgan fingerprint density at radius 1 is 1.26 bits per heavy atom. The Kier molecular flexibility index (Phi) is 4.70. The Hall–Kier alpha value is -2.67. The Bertz CT molecular complexity index is 827. The number of carbonyl (C=O) groups is 2. The highest BCUT2D eigenvalue weighted by molar-refractivity contribution is 6.02. The third-order valence-corrected chi connectivity index (χ3v) is 5.62. The maximum atomic E-state index is 13.3. The van der Waals surface area contributed by atoms with Crippen molar-refractivity contribution in [3.63, 3.8) is 0 Å². The van der Waals surface area contributed by atoms with Gasteiger partial charge in [0.05, 0.1) is 17.3 Å². The second-order valence-corrected chi connectivity index (χ2v) is 7.24. The number of rotatable bonds is 4. The molecule has 0 radical (unpaired) electrons. The summed E-state index contributed by atoms with van der Waals surface area (Å²) in [7, 11) is 1.82. The van der Waals surface area contributed by atoms with Crippen molar-refractivity contribution in [3.8, 4) is 0 Å². The van der Waals surface area contributed by atoms with Crippen molar-refractivity contribution < 1.29 is 14.3 Å². The minimum atomic E-state index is -0.637. The molecule has 2 amide bonds. The average Bonchev–Trinajstić information content (AvgIpc) is 3.29. The van der Waals surface area contributed by atoms with Gasteiger partial charge in [0, 0.05) is 33.0 Å². The smallest absolute Gasteiger partial charge is 0.249 e. The maximum absolute atomic E-state index is 13.3. The van der Waals surface area contributed by atoms with Crippen molar-refractivity contribution in [1.82, 2.24) is 15.1 Å². The van der Waals surface area contributed by atoms with E-state index in [0.717, 1.165) is 11.3 Å². The normalized spacial score (nSPS) is 22.0. The van der Waals surface area contributed by atoms with E-state index in [-0.39, 0.29) is 11.8 Å². The lowest BCUT2D eigenvalue weighted by atomic mass is 9.73. The number of anilines is 1. The molecule has 1 atom stereocenters. The molecule has 0 spiro atoms. The number of nitrogens with zero attached hydrogens (tertiary/aromatic N) is 3. The van der Waals surface area contributed by atoms with Crippen LogP contribution in [0.25, 0.3) is 0 Å². The summed E-state index contributed by atoms with van der Waals surface area (Å²) in [5, 5.41) is 7.16. The fraction of sp³-hybridized carbons (Fsp3) is 0.450. The predicted molar refractivity (Wildman–Crippen MR) is 100 cm³/mol. The molecule has 7 nitrogen and oxygen atoms in total. The highest BCUT2D eigenvalue weighted by Crippen LogP contribution is 2.35. The molecule has 0 bridgehead atoms. The van der Waals surface area contributed by atoms with Gasteiger partial charge in [-0.3, -0.25) is 14.3 Å². The topological polar surface area (TPSA) is 76.5 Å². The lowest BCUT2D eigenvalue weighted by Crippen LogP contribution is -2.52. The van der Waals surface area contributed by atoms with E-state index in [0.29, 0.717) is 39.0 Å². The molecule has 2 aliphatic heterocycles. The highest BCUT2D eigenvalue weighted by Gasteiger charge is 2.44. The standard InChI is InChI=1S/C20H24N4O3/c1-23-14-16(13-21-23)24-10-7-17(18(24)25)22-19(26)20(8-11-27-12-9-20)15-5-3-2-4-6-15/h2-6,13-14,17H,7-12H2,1H3,(H,22,26). The summed E-state index contributed by atoms with van der Waals surface area (Å²) >= 11 is 0. The van der Waals surface area contributed by atoms with Crippen LogP contribution in [0.1, 0.15) is 24.8 Å². The third-order valence-electron chi connectivity index (χ3n) is 5.62. The zero-order chi connectivity index (χ0) is 18.9. The van der Waals surface area contributed by atoms with Gasteiger partial charge in [-0.1, -0.05) is 30.3 Å². The molecular formula is C20H24N4O3. The van der Waals surface area contributed by atoms with E-state index in [2.05, 4.69) is 10.4 Å². The first-order valence-electron chi connectivity index (χ1n) is 9.34. The van der Waals surface area contributed by atoms with E-state index >= 15 is 0 Å². The molecule has 2 fully saturated rings. The van der Waals surface area contributed by atoms with Crippen LogP contribution in [0.3, 0.4) is 0 Å². The quantitative estimate of drug-likeness (QED) is 0.885. The fourth-order valence-corrected chi connectivity index (χ4v) is 4.04. The number of nitrogens with one attached hydrogen (secondary N) is 1. The monoisotopic (exact) mass is 368 g/mol. The van der Waals surface area contributed by atoms with Gasteiger partial charge < -0.3 is 15.0 Å². The first-order valence-corrected chi connectivity index (χ1v) is 9.34. The van der Waals surface area contributed by atoms with Gasteiger partial charge in [-0.25, -0.2) is 0 Å². The minimum absolute atomic E-state index is 0.0772. The van der Waals surface area contributed by atoms with Crippen molar-refractivity contribution in [2.75, 3.05) is 24.7 Å². The molecule has 2 aromatic rings. The molecule has 0 saturated carbocycles. The number of amides is 2. The SMILES string of the molecule is Cn1cc(N2CCC(NC(=O)C3(c4ccccc4)CCOCC3)C2=O)cn1. The number of benzene rings is 1. The number of aryl methyl sites for hydroxylation is 1. The van der Waals surface area contributed by atoms with Crippen molar-refractivity contribution in [1.29, 1.82) is 0 Å². The van der Waals surface area contributed by atoms with Gasteiger partial charge in [0.25, 0.3) is 0 Å². The van der Waals surface area contributed by atoms with E-state index in [1.54, 1.807) is 15.8 Å². The van der Waals surface area contributed by atoms with Crippen molar-refractivity contribution in [2.45, 2.75) is 30.7 Å². The lowest BCUT2D eigenvalue weighted by molar-refractivity contribution is -0.133. The summed E-state index contributed by atoms with van der Waals surface area (Å²) in [5.74, 6) is -0.157. The first-order chi connectivity index (χ1) is 13.1. The van der Waals surface area contributed by atoms with Gasteiger partial charge in [-0.05, 0) is 24.8 Å². The molecule has 0 aliphatic carbocycles. The largest absolute Gasteiger partial charge is 0.381 e. The molecular weight excluding hydrogens is 344 g/mol. The molecule has 1 aromatic carbocycles. The van der Waals surface area contributed by atoms with Crippen LogP contribution in [-0.2, 0) is 26.8 Å². The molecule has 1 N–H and O–H groups in total. The van der Waals surface area contributed by atoms with Crippen LogP contribution in [0, 0.1) is 0 Å². The summed E-state index contributed by atoms with van der Waals surface area (Å²) in [5.41, 5.74) is 1.12. The summed E-state index contributed by atoms with van der Waals surface area (Å²) < 4.78 is 7.17. The van der Waals surface area contributed by atoms with E-state index < -0.39 is 11.5 Å². The number of hydrogen-bond donors (Lipinski definition) is 1. The maximum Gasteiger partial charge on any atom is 0.249 e. The summed E-state index contributed by atoms with van der Waals surface area (Å²) in [6.07, 6.45) is 5.32. The molecule has 2 saturated heterocycles. The lowest BCUT2D eigenvalue weighted by Gasteiger charge is -2.37. The van der Waals surface area contributed by atoms with Gasteiger partial charge in [-0.2, -0.15) is 5.10 Å². The summed E-state index contributed by atoms with van der Waals surface area (Å²) in [6.45, 7) is 1.67. The van der Waals surface area contributed by atoms with Crippen LogP contribution < -0.4 is 10.2 Å². The van der Waals surface area contributed by atoms with Gasteiger partial charge in [0.15, 0.2) is 0 Å². The van der Waals surface area contributed by atoms with Gasteiger partial charge in [0.2, 0.25) is 11.8 Å². The second-order valence-electron chi connectivity index (χ2n) is 7.24. The summed E-state index contributed by atoms with van der Waals surface area (Å²) in [4.78, 5) is 27.8. The summed E-state index contributed by atoms with van der Waals surface area (Å²) in [6, 6.07) is 9.32. The highest BCUT2D eigenvalue weighted by atomic mass is 16.5. The van der Waals surface area contributed by atoms with Crippen LogP contribution in [0.15, 0.2) is 42.7 Å². The van der Waals surface area contributed by atoms with Crippen molar-refractivity contribution in [3.05, 3.63) is 48.3 Å². The van der Waals surface area contributed by atoms with Crippen LogP contribution >= 0.6 is 0 Å². The van der Waals surface area contributed by atoms with E-state index in [1.165, 1.54) is 0 Å². The first kappa shape index (κ1) is 17.7. The van der Waals surface area contributed by atoms with E-state index in [9.17, 15) is 9.59 Å². The van der Waals surface area contributed by atoms with Gasteiger partial charge >= 0.3 is 0 Å². The zero-order valence-electron chi connectivity index (χ0n) is 15.4. The van der Waals surface area contributed by atoms with E-state index in [1.807, 2.05) is 43.6 Å². The van der Waals surface area contributed by atoms with Gasteiger partial charge in [-0.15, -0.1) is 0 Å². The molecule has 3 heterocycles. The fourth-order valence-electron chi connectivity index (χ4n) is 4.04. The van der Waals surface area contributed by atoms with E-state index in [4.69, 9.17) is 4.74 Å². The Labute approximate surface area is 158 Å². The average molecular weight is 368 g/mol. The predicted octanol–water partition coefficient (Wildman–Crippen LogP) is 1.39. The van der Waals surface area contributed by atoms with Crippen LogP contribution in [-0.4, -0.2) is 47.4 Å². The number of hydrogen-bond acceptors (Lipinski definition) is 4. The van der Waals surface area contributed by atoms with Crippen molar-refractivity contribution >= 4 is 17.5 Å². The molecule has 142 valence electrons.